The van der Waals surface area contributed by atoms with Crippen LogP contribution in [0.15, 0.2) is 42.6 Å². The van der Waals surface area contributed by atoms with Gasteiger partial charge in [-0.25, -0.2) is 4.98 Å². The minimum Gasteiger partial charge on any atom is -0.477 e. The van der Waals surface area contributed by atoms with Gasteiger partial charge in [0.2, 0.25) is 5.88 Å². The molecular weight excluding hydrogens is 495 g/mol. The number of rotatable bonds is 8. The molecule has 1 saturated carbocycles. The number of nitrogens with zero attached hydrogens (tertiary/aromatic N) is 3. The molecule has 3 aliphatic rings. The maximum atomic E-state index is 13.2. The fourth-order valence-electron chi connectivity index (χ4n) is 5.57. The Bertz CT molecular complexity index is 1070. The first-order chi connectivity index (χ1) is 18.3. The molecule has 5 rings (SSSR count). The molecule has 2 saturated heterocycles. The fourth-order valence-corrected chi connectivity index (χ4v) is 5.57. The third kappa shape index (κ3) is 6.15. The molecular formula is C29H36F3N3O3. The maximum Gasteiger partial charge on any atom is 0.395 e. The number of benzene rings is 1. The van der Waals surface area contributed by atoms with E-state index in [2.05, 4.69) is 4.98 Å². The van der Waals surface area contributed by atoms with Crippen LogP contribution in [-0.2, 0) is 0 Å². The molecule has 1 amide bonds. The number of carbonyl (C=O) groups excluding carboxylic acids is 1. The third-order valence-corrected chi connectivity index (χ3v) is 8.52. The molecule has 9 heteroatoms. The van der Waals surface area contributed by atoms with E-state index in [9.17, 15) is 23.1 Å². The second kappa shape index (κ2) is 11.2. The molecule has 206 valence electrons. The largest absolute Gasteiger partial charge is 0.477 e. The van der Waals surface area contributed by atoms with Gasteiger partial charge in [0.15, 0.2) is 0 Å². The molecule has 2 aliphatic heterocycles. The Kier molecular flexibility index (Phi) is 7.95. The van der Waals surface area contributed by atoms with Gasteiger partial charge in [0.05, 0.1) is 12.0 Å². The molecule has 0 radical (unpaired) electrons. The average molecular weight is 532 g/mol. The number of hydrogen-bond acceptors (Lipinski definition) is 5. The number of alkyl halides is 3. The summed E-state index contributed by atoms with van der Waals surface area (Å²) in [4.78, 5) is 21.0. The lowest BCUT2D eigenvalue weighted by Crippen LogP contribution is -2.43. The van der Waals surface area contributed by atoms with Gasteiger partial charge in [0.1, 0.15) is 0 Å². The van der Waals surface area contributed by atoms with Crippen molar-refractivity contribution in [1.82, 2.24) is 14.8 Å². The van der Waals surface area contributed by atoms with Crippen molar-refractivity contribution in [2.75, 3.05) is 45.9 Å². The Morgan fingerprint density at radius 3 is 2.13 bits per heavy atom. The number of likely N-dealkylation sites (tertiary alicyclic amines) is 2. The number of aliphatic hydroxyl groups is 1. The van der Waals surface area contributed by atoms with Crippen molar-refractivity contribution in [2.45, 2.75) is 44.7 Å². The van der Waals surface area contributed by atoms with Crippen LogP contribution in [0.1, 0.15) is 48.9 Å². The van der Waals surface area contributed by atoms with E-state index in [1.165, 1.54) is 0 Å². The summed E-state index contributed by atoms with van der Waals surface area (Å²) in [7, 11) is 0. The summed E-state index contributed by atoms with van der Waals surface area (Å²) in [6.07, 6.45) is 1.50. The lowest BCUT2D eigenvalue weighted by Gasteiger charge is -2.34. The van der Waals surface area contributed by atoms with Crippen LogP contribution in [0.5, 0.6) is 5.88 Å². The smallest absolute Gasteiger partial charge is 0.395 e. The van der Waals surface area contributed by atoms with Gasteiger partial charge in [-0.1, -0.05) is 12.1 Å². The van der Waals surface area contributed by atoms with Gasteiger partial charge in [-0.3, -0.25) is 4.79 Å². The van der Waals surface area contributed by atoms with Crippen LogP contribution in [0.2, 0.25) is 0 Å². The highest BCUT2D eigenvalue weighted by atomic mass is 19.4. The zero-order valence-corrected chi connectivity index (χ0v) is 21.6. The van der Waals surface area contributed by atoms with Crippen LogP contribution >= 0.6 is 0 Å². The number of amides is 1. The zero-order chi connectivity index (χ0) is 26.8. The Labute approximate surface area is 221 Å². The van der Waals surface area contributed by atoms with E-state index in [4.69, 9.17) is 4.74 Å². The van der Waals surface area contributed by atoms with Gasteiger partial charge in [-0.2, -0.15) is 13.2 Å². The van der Waals surface area contributed by atoms with Gasteiger partial charge in [0.25, 0.3) is 5.91 Å². The number of carbonyl (C=O) groups is 1. The van der Waals surface area contributed by atoms with Crippen molar-refractivity contribution in [1.29, 1.82) is 0 Å². The molecule has 3 fully saturated rings. The highest BCUT2D eigenvalue weighted by molar-refractivity contribution is 5.94. The summed E-state index contributed by atoms with van der Waals surface area (Å²) in [5.74, 6) is 1.16. The summed E-state index contributed by atoms with van der Waals surface area (Å²) in [5.41, 5.74) is 1.07. The number of aliphatic hydroxyl groups excluding tert-OH is 1. The van der Waals surface area contributed by atoms with Gasteiger partial charge in [-0.15, -0.1) is 0 Å². The number of ether oxygens (including phenoxy) is 1. The first-order valence-corrected chi connectivity index (χ1v) is 13.6. The number of halogens is 3. The zero-order valence-electron chi connectivity index (χ0n) is 21.6. The van der Waals surface area contributed by atoms with E-state index in [0.717, 1.165) is 36.8 Å². The van der Waals surface area contributed by atoms with Gasteiger partial charge in [-0.05, 0) is 87.2 Å². The van der Waals surface area contributed by atoms with Crippen LogP contribution < -0.4 is 4.74 Å². The first kappa shape index (κ1) is 26.9. The van der Waals surface area contributed by atoms with Gasteiger partial charge < -0.3 is 19.6 Å². The molecule has 0 bridgehead atoms. The lowest BCUT2D eigenvalue weighted by atomic mass is 9.96. The monoisotopic (exact) mass is 531 g/mol. The Morgan fingerprint density at radius 1 is 0.947 bits per heavy atom. The number of hydrogen-bond donors (Lipinski definition) is 1. The molecule has 1 N–H and O–H groups in total. The van der Waals surface area contributed by atoms with E-state index in [1.807, 2.05) is 46.2 Å². The topological polar surface area (TPSA) is 65.9 Å². The fraction of sp³-hybridized carbons (Fsp3) is 0.586. The molecule has 0 atom stereocenters. The van der Waals surface area contributed by atoms with Crippen LogP contribution in [0, 0.1) is 17.3 Å². The molecule has 1 aromatic carbocycles. The summed E-state index contributed by atoms with van der Waals surface area (Å²) in [5, 5.41) is 9.29. The molecule has 6 nitrogen and oxygen atoms in total. The van der Waals surface area contributed by atoms with Crippen molar-refractivity contribution >= 4 is 5.91 Å². The first-order valence-electron chi connectivity index (χ1n) is 13.6. The molecule has 1 aromatic heterocycles. The van der Waals surface area contributed by atoms with Crippen molar-refractivity contribution in [3.05, 3.63) is 48.2 Å². The SMILES string of the molecule is O=C(c1ccc(-c2ccc(OCC3CCN(CC4(C(F)(F)F)CC4)CC3)nc2)cc1)N1CCC(CO)CC1. The van der Waals surface area contributed by atoms with Crippen molar-refractivity contribution in [3.63, 3.8) is 0 Å². The summed E-state index contributed by atoms with van der Waals surface area (Å²) < 4.78 is 45.6. The highest BCUT2D eigenvalue weighted by Crippen LogP contribution is 2.58. The van der Waals surface area contributed by atoms with E-state index in [0.29, 0.717) is 56.1 Å². The minimum absolute atomic E-state index is 0.0213. The summed E-state index contributed by atoms with van der Waals surface area (Å²) >= 11 is 0. The molecule has 1 aliphatic carbocycles. The normalized spacial score (nSPS) is 20.9. The number of pyridine rings is 1. The lowest BCUT2D eigenvalue weighted by molar-refractivity contribution is -0.192. The molecule has 0 unspecified atom stereocenters. The van der Waals surface area contributed by atoms with Gasteiger partial charge >= 0.3 is 6.18 Å². The van der Waals surface area contributed by atoms with E-state index < -0.39 is 11.6 Å². The van der Waals surface area contributed by atoms with Crippen LogP contribution in [0.3, 0.4) is 0 Å². The van der Waals surface area contributed by atoms with E-state index in [1.54, 1.807) is 6.20 Å². The highest BCUT2D eigenvalue weighted by Gasteiger charge is 2.63. The van der Waals surface area contributed by atoms with Crippen LogP contribution in [-0.4, -0.2) is 77.9 Å². The minimum atomic E-state index is -4.09. The molecule has 3 heterocycles. The van der Waals surface area contributed by atoms with Crippen LogP contribution in [0.4, 0.5) is 13.2 Å². The predicted octanol–water partition coefficient (Wildman–Crippen LogP) is 5.03. The number of piperidine rings is 2. The van der Waals surface area contributed by atoms with E-state index in [-0.39, 0.29) is 31.9 Å². The van der Waals surface area contributed by atoms with Crippen molar-refractivity contribution in [3.8, 4) is 17.0 Å². The predicted molar refractivity (Wildman–Crippen MR) is 138 cm³/mol. The quantitative estimate of drug-likeness (QED) is 0.518. The van der Waals surface area contributed by atoms with Gasteiger partial charge in [0, 0.05) is 49.6 Å². The van der Waals surface area contributed by atoms with Crippen molar-refractivity contribution in [2.24, 2.45) is 17.3 Å². The summed E-state index contributed by atoms with van der Waals surface area (Å²) in [6, 6.07) is 11.3. The van der Waals surface area contributed by atoms with E-state index >= 15 is 0 Å². The standard InChI is InChI=1S/C29H36F3N3O3/c30-29(31,32)28(11-12-28)20-34-13-7-22(8-14-34)19-38-26-6-5-25(17-33-26)23-1-3-24(4-2-23)27(37)35-15-9-21(18-36)10-16-35/h1-6,17,21-22,36H,7-16,18-20H2. The number of aromatic nitrogens is 1. The second-order valence-electron chi connectivity index (χ2n) is 11.2. The Hall–Kier alpha value is -2.65. The summed E-state index contributed by atoms with van der Waals surface area (Å²) in [6.45, 7) is 3.53. The third-order valence-electron chi connectivity index (χ3n) is 8.52. The second-order valence-corrected chi connectivity index (χ2v) is 11.2. The molecule has 38 heavy (non-hydrogen) atoms. The molecule has 2 aromatic rings. The Morgan fingerprint density at radius 2 is 1.58 bits per heavy atom. The van der Waals surface area contributed by atoms with Crippen molar-refractivity contribution < 1.29 is 27.8 Å². The molecule has 0 spiro atoms. The average Bonchev–Trinajstić information content (AvgIpc) is 3.74. The van der Waals surface area contributed by atoms with Crippen LogP contribution in [0.25, 0.3) is 11.1 Å². The Balaban J connectivity index is 1.07. The maximum absolute atomic E-state index is 13.2.